The number of rotatable bonds is 5. The molecule has 1 heterocycles. The number of hydrogen-bond acceptors (Lipinski definition) is 5. The summed E-state index contributed by atoms with van der Waals surface area (Å²) < 4.78 is 5.05. The van der Waals surface area contributed by atoms with Crippen LogP contribution in [-0.4, -0.2) is 22.3 Å². The van der Waals surface area contributed by atoms with Gasteiger partial charge in [0, 0.05) is 6.42 Å². The number of hydrazone groups is 1. The molecule has 0 aliphatic rings. The highest BCUT2D eigenvalue weighted by Crippen LogP contribution is 2.09. The van der Waals surface area contributed by atoms with Crippen LogP contribution in [0.3, 0.4) is 0 Å². The topological polar surface area (TPSA) is 89.6 Å². The number of carbonyl (C=O) groups is 1. The number of pyridine rings is 1. The minimum absolute atomic E-state index is 0.0800. The van der Waals surface area contributed by atoms with E-state index in [1.54, 1.807) is 12.1 Å². The maximum Gasteiger partial charge on any atom is 0.311 e. The Bertz CT molecular complexity index is 445. The number of nitrogens with zero attached hydrogens (tertiary/aromatic N) is 2. The first-order valence-corrected chi connectivity index (χ1v) is 5.78. The van der Waals surface area contributed by atoms with Gasteiger partial charge in [-0.1, -0.05) is 6.92 Å². The quantitative estimate of drug-likeness (QED) is 0.357. The summed E-state index contributed by atoms with van der Waals surface area (Å²) in [5.74, 6) is 0.142. The van der Waals surface area contributed by atoms with Gasteiger partial charge in [0.05, 0.1) is 18.1 Å². The second-order valence-electron chi connectivity index (χ2n) is 3.38. The van der Waals surface area contributed by atoms with Crippen molar-refractivity contribution < 1.29 is 9.53 Å². The number of carbonyl (C=O) groups excluding carboxylic acids is 1. The largest absolute Gasteiger partial charge is 0.425 e. The van der Waals surface area contributed by atoms with Gasteiger partial charge in [0.25, 0.3) is 0 Å². The maximum absolute atomic E-state index is 11.2. The lowest BCUT2D eigenvalue weighted by Crippen LogP contribution is -2.24. The van der Waals surface area contributed by atoms with Crippen molar-refractivity contribution in [1.29, 1.82) is 0 Å². The zero-order chi connectivity index (χ0) is 13.4. The van der Waals surface area contributed by atoms with Crippen molar-refractivity contribution in [3.05, 3.63) is 24.0 Å². The fraction of sp³-hybridized carbons (Fsp3) is 0.273. The monoisotopic (exact) mass is 266 g/mol. The molecule has 0 unspecified atom stereocenters. The molecule has 0 radical (unpaired) electrons. The number of ether oxygens (including phenoxy) is 1. The molecule has 0 bridgehead atoms. The first-order valence-electron chi connectivity index (χ1n) is 5.37. The van der Waals surface area contributed by atoms with Crippen LogP contribution >= 0.6 is 12.2 Å². The number of thiocarbonyl (C=S) groups is 1. The normalized spacial score (nSPS) is 10.3. The molecule has 1 rings (SSSR count). The lowest BCUT2D eigenvalue weighted by atomic mass is 10.3. The molecule has 1 aromatic rings. The number of aromatic nitrogens is 1. The van der Waals surface area contributed by atoms with Crippen LogP contribution in [0.5, 0.6) is 5.75 Å². The molecule has 0 saturated heterocycles. The van der Waals surface area contributed by atoms with Crippen LogP contribution in [0, 0.1) is 0 Å². The Labute approximate surface area is 110 Å². The van der Waals surface area contributed by atoms with Gasteiger partial charge in [0.2, 0.25) is 0 Å². The molecule has 1 aromatic heterocycles. The molecular formula is C11H14N4O2S. The molecule has 0 aliphatic carbocycles. The van der Waals surface area contributed by atoms with Gasteiger partial charge in [-0.05, 0) is 30.8 Å². The van der Waals surface area contributed by atoms with Crippen molar-refractivity contribution in [2.45, 2.75) is 19.8 Å². The molecule has 96 valence electrons. The molecule has 0 saturated carbocycles. The molecule has 6 nitrogen and oxygen atoms in total. The van der Waals surface area contributed by atoms with Crippen molar-refractivity contribution in [3.8, 4) is 5.75 Å². The third-order valence-corrected chi connectivity index (χ3v) is 1.91. The van der Waals surface area contributed by atoms with Crippen molar-refractivity contribution in [1.82, 2.24) is 10.4 Å². The number of nitrogens with one attached hydrogen (secondary N) is 1. The van der Waals surface area contributed by atoms with Gasteiger partial charge >= 0.3 is 5.97 Å². The summed E-state index contributed by atoms with van der Waals surface area (Å²) in [4.78, 5) is 15.3. The third kappa shape index (κ3) is 5.35. The zero-order valence-electron chi connectivity index (χ0n) is 9.92. The molecule has 3 N–H and O–H groups in total. The lowest BCUT2D eigenvalue weighted by molar-refractivity contribution is -0.134. The van der Waals surface area contributed by atoms with Crippen LogP contribution in [0.2, 0.25) is 0 Å². The summed E-state index contributed by atoms with van der Waals surface area (Å²) in [6, 6.07) is 3.31. The van der Waals surface area contributed by atoms with Crippen molar-refractivity contribution >= 4 is 29.5 Å². The number of hydrogen-bond donors (Lipinski definition) is 2. The summed E-state index contributed by atoms with van der Waals surface area (Å²) >= 11 is 4.58. The minimum Gasteiger partial charge on any atom is -0.425 e. The van der Waals surface area contributed by atoms with Gasteiger partial charge in [-0.15, -0.1) is 0 Å². The molecule has 18 heavy (non-hydrogen) atoms. The van der Waals surface area contributed by atoms with Gasteiger partial charge in [0.1, 0.15) is 5.75 Å². The van der Waals surface area contributed by atoms with E-state index >= 15 is 0 Å². The summed E-state index contributed by atoms with van der Waals surface area (Å²) in [5, 5.41) is 3.83. The molecule has 0 aromatic carbocycles. The van der Waals surface area contributed by atoms with E-state index in [1.165, 1.54) is 12.4 Å². The average Bonchev–Trinajstić information content (AvgIpc) is 2.31. The Morgan fingerprint density at radius 3 is 3.00 bits per heavy atom. The summed E-state index contributed by atoms with van der Waals surface area (Å²) in [5.41, 5.74) is 8.20. The van der Waals surface area contributed by atoms with E-state index in [9.17, 15) is 4.79 Å². The van der Waals surface area contributed by atoms with Gasteiger partial charge in [-0.2, -0.15) is 5.10 Å². The Kier molecular flexibility index (Phi) is 5.72. The van der Waals surface area contributed by atoms with Crippen LogP contribution in [-0.2, 0) is 4.79 Å². The highest BCUT2D eigenvalue weighted by molar-refractivity contribution is 7.80. The predicted molar refractivity (Wildman–Crippen MR) is 72.3 cm³/mol. The second kappa shape index (κ2) is 7.33. The molecule has 0 spiro atoms. The van der Waals surface area contributed by atoms with Gasteiger partial charge in [-0.3, -0.25) is 15.2 Å². The summed E-state index contributed by atoms with van der Waals surface area (Å²) in [6.45, 7) is 1.91. The van der Waals surface area contributed by atoms with Crippen molar-refractivity contribution in [2.75, 3.05) is 0 Å². The lowest BCUT2D eigenvalue weighted by Gasteiger charge is -2.02. The fourth-order valence-electron chi connectivity index (χ4n) is 1.08. The van der Waals surface area contributed by atoms with Gasteiger partial charge < -0.3 is 10.5 Å². The SMILES string of the molecule is CCCC(=O)Oc1ccc(/C=N\NC(N)=S)nc1. The molecule has 0 aliphatic heterocycles. The van der Waals surface area contributed by atoms with E-state index in [0.717, 1.165) is 6.42 Å². The Balaban J connectivity index is 2.54. The van der Waals surface area contributed by atoms with Crippen LogP contribution < -0.4 is 15.9 Å². The molecule has 0 amide bonds. The van der Waals surface area contributed by atoms with Crippen LogP contribution in [0.15, 0.2) is 23.4 Å². The van der Waals surface area contributed by atoms with Crippen LogP contribution in [0.4, 0.5) is 0 Å². The number of nitrogens with two attached hydrogens (primary N) is 1. The predicted octanol–water partition coefficient (Wildman–Crippen LogP) is 0.954. The Morgan fingerprint density at radius 1 is 1.67 bits per heavy atom. The first kappa shape index (κ1) is 14.0. The summed E-state index contributed by atoms with van der Waals surface area (Å²) in [7, 11) is 0. The molecular weight excluding hydrogens is 252 g/mol. The highest BCUT2D eigenvalue weighted by atomic mass is 32.1. The van der Waals surface area contributed by atoms with E-state index in [1.807, 2.05) is 6.92 Å². The smallest absolute Gasteiger partial charge is 0.311 e. The highest BCUT2D eigenvalue weighted by Gasteiger charge is 2.03. The first-order chi connectivity index (χ1) is 8.61. The van der Waals surface area contributed by atoms with Crippen LogP contribution in [0.25, 0.3) is 0 Å². The zero-order valence-corrected chi connectivity index (χ0v) is 10.7. The van der Waals surface area contributed by atoms with Gasteiger partial charge in [0.15, 0.2) is 5.11 Å². The Hall–Kier alpha value is -2.02. The second-order valence-corrected chi connectivity index (χ2v) is 3.82. The van der Waals surface area contributed by atoms with E-state index in [2.05, 4.69) is 27.7 Å². The average molecular weight is 266 g/mol. The van der Waals surface area contributed by atoms with E-state index in [-0.39, 0.29) is 11.1 Å². The van der Waals surface area contributed by atoms with E-state index in [0.29, 0.717) is 17.9 Å². The van der Waals surface area contributed by atoms with E-state index < -0.39 is 0 Å². The minimum atomic E-state index is -0.268. The molecule has 0 fully saturated rings. The van der Waals surface area contributed by atoms with Gasteiger partial charge in [-0.25, -0.2) is 0 Å². The third-order valence-electron chi connectivity index (χ3n) is 1.82. The standard InChI is InChI=1S/C11H14N4O2S/c1-2-3-10(16)17-9-5-4-8(13-7-9)6-14-15-11(12)18/h4-7H,2-3H2,1H3,(H3,12,15,18)/b14-6-. The number of esters is 1. The molecule has 0 atom stereocenters. The van der Waals surface area contributed by atoms with Crippen LogP contribution in [0.1, 0.15) is 25.5 Å². The van der Waals surface area contributed by atoms with Crippen molar-refractivity contribution in [2.24, 2.45) is 10.8 Å². The maximum atomic E-state index is 11.2. The Morgan fingerprint density at radius 2 is 2.44 bits per heavy atom. The summed E-state index contributed by atoms with van der Waals surface area (Å²) in [6.07, 6.45) is 4.05. The fourth-order valence-corrected chi connectivity index (χ4v) is 1.13. The van der Waals surface area contributed by atoms with E-state index in [4.69, 9.17) is 10.5 Å². The van der Waals surface area contributed by atoms with Crippen molar-refractivity contribution in [3.63, 3.8) is 0 Å². The molecule has 7 heteroatoms.